The van der Waals surface area contributed by atoms with Crippen LogP contribution in [0.1, 0.15) is 24.8 Å². The third kappa shape index (κ3) is 3.52. The molecule has 0 bridgehead atoms. The maximum absolute atomic E-state index is 13.4. The van der Waals surface area contributed by atoms with Crippen molar-refractivity contribution in [2.24, 2.45) is 5.92 Å². The van der Waals surface area contributed by atoms with Gasteiger partial charge in [0, 0.05) is 12.6 Å². The average molecular weight is 287 g/mol. The summed E-state index contributed by atoms with van der Waals surface area (Å²) in [5, 5.41) is 8.97. The minimum atomic E-state index is -3.73. The van der Waals surface area contributed by atoms with Crippen LogP contribution in [0.15, 0.2) is 23.1 Å². The van der Waals surface area contributed by atoms with Crippen LogP contribution in [0.4, 0.5) is 4.39 Å². The smallest absolute Gasteiger partial charge is 0.240 e. The van der Waals surface area contributed by atoms with Gasteiger partial charge in [0.15, 0.2) is 0 Å². The molecule has 6 heteroatoms. The third-order valence-electron chi connectivity index (χ3n) is 3.39. The Kier molecular flexibility index (Phi) is 4.23. The van der Waals surface area contributed by atoms with Crippen LogP contribution in [0, 0.1) is 18.7 Å². The standard InChI is InChI=1S/C13H18FNO3S/c1-9-2-5-11(8-12(9)14)19(17,18)15-13(6-7-16)10-3-4-10/h2,5,8,10,13,15-16H,3-4,6-7H2,1H3. The topological polar surface area (TPSA) is 66.4 Å². The lowest BCUT2D eigenvalue weighted by atomic mass is 10.1. The van der Waals surface area contributed by atoms with Gasteiger partial charge in [-0.3, -0.25) is 0 Å². The highest BCUT2D eigenvalue weighted by molar-refractivity contribution is 7.89. The predicted octanol–water partition coefficient (Wildman–Crippen LogP) is 1.57. The minimum absolute atomic E-state index is 0.0635. The average Bonchev–Trinajstić information content (AvgIpc) is 3.16. The number of sulfonamides is 1. The van der Waals surface area contributed by atoms with E-state index in [1.54, 1.807) is 6.92 Å². The van der Waals surface area contributed by atoms with Crippen LogP contribution in [0.2, 0.25) is 0 Å². The Balaban J connectivity index is 2.18. The zero-order valence-corrected chi connectivity index (χ0v) is 11.6. The second-order valence-electron chi connectivity index (χ2n) is 4.99. The van der Waals surface area contributed by atoms with E-state index in [1.165, 1.54) is 12.1 Å². The van der Waals surface area contributed by atoms with Crippen LogP contribution < -0.4 is 4.72 Å². The number of halogens is 1. The van der Waals surface area contributed by atoms with Gasteiger partial charge in [-0.05, 0) is 49.8 Å². The lowest BCUT2D eigenvalue weighted by Gasteiger charge is -2.17. The van der Waals surface area contributed by atoms with Crippen molar-refractivity contribution >= 4 is 10.0 Å². The van der Waals surface area contributed by atoms with Crippen molar-refractivity contribution in [1.29, 1.82) is 0 Å². The zero-order valence-electron chi connectivity index (χ0n) is 10.8. The maximum Gasteiger partial charge on any atom is 0.240 e. The van der Waals surface area contributed by atoms with Crippen molar-refractivity contribution < 1.29 is 17.9 Å². The number of rotatable bonds is 6. The first-order chi connectivity index (χ1) is 8.94. The summed E-state index contributed by atoms with van der Waals surface area (Å²) in [6.45, 7) is 1.52. The SMILES string of the molecule is Cc1ccc(S(=O)(=O)NC(CCO)C2CC2)cc1F. The molecule has 0 heterocycles. The molecule has 0 spiro atoms. The first-order valence-electron chi connectivity index (χ1n) is 6.33. The predicted molar refractivity (Wildman–Crippen MR) is 69.7 cm³/mol. The van der Waals surface area contributed by atoms with Crippen molar-refractivity contribution in [3.8, 4) is 0 Å². The van der Waals surface area contributed by atoms with E-state index in [-0.39, 0.29) is 23.5 Å². The van der Waals surface area contributed by atoms with Crippen LogP contribution in [0.25, 0.3) is 0 Å². The maximum atomic E-state index is 13.4. The van der Waals surface area contributed by atoms with E-state index in [1.807, 2.05) is 0 Å². The number of aryl methyl sites for hydroxylation is 1. The third-order valence-corrected chi connectivity index (χ3v) is 4.88. The van der Waals surface area contributed by atoms with Crippen molar-refractivity contribution in [2.45, 2.75) is 37.1 Å². The van der Waals surface area contributed by atoms with Crippen LogP contribution >= 0.6 is 0 Å². The molecule has 1 unspecified atom stereocenters. The van der Waals surface area contributed by atoms with E-state index in [2.05, 4.69) is 4.72 Å². The summed E-state index contributed by atoms with van der Waals surface area (Å²) < 4.78 is 40.3. The number of benzene rings is 1. The molecule has 1 aliphatic carbocycles. The van der Waals surface area contributed by atoms with Crippen molar-refractivity contribution in [3.63, 3.8) is 0 Å². The fraction of sp³-hybridized carbons (Fsp3) is 0.538. The van der Waals surface area contributed by atoms with Gasteiger partial charge in [-0.25, -0.2) is 17.5 Å². The Hall–Kier alpha value is -0.980. The molecule has 1 aromatic carbocycles. The molecule has 0 aliphatic heterocycles. The van der Waals surface area contributed by atoms with E-state index < -0.39 is 15.8 Å². The van der Waals surface area contributed by atoms with Gasteiger partial charge in [-0.15, -0.1) is 0 Å². The highest BCUT2D eigenvalue weighted by atomic mass is 32.2. The van der Waals surface area contributed by atoms with Gasteiger partial charge in [0.2, 0.25) is 10.0 Å². The molecule has 0 aromatic heterocycles. The lowest BCUT2D eigenvalue weighted by molar-refractivity contribution is 0.265. The molecule has 2 N–H and O–H groups in total. The van der Waals surface area contributed by atoms with Crippen molar-refractivity contribution in [1.82, 2.24) is 4.72 Å². The van der Waals surface area contributed by atoms with Gasteiger partial charge >= 0.3 is 0 Å². The summed E-state index contributed by atoms with van der Waals surface area (Å²) in [6, 6.07) is 3.60. The van der Waals surface area contributed by atoms with Gasteiger partial charge in [0.05, 0.1) is 4.90 Å². The fourth-order valence-electron chi connectivity index (χ4n) is 2.04. The molecule has 1 aliphatic rings. The Bertz CT molecular complexity index is 555. The van der Waals surface area contributed by atoms with Gasteiger partial charge in [0.25, 0.3) is 0 Å². The molecule has 0 amide bonds. The second-order valence-corrected chi connectivity index (χ2v) is 6.70. The summed E-state index contributed by atoms with van der Waals surface area (Å²) >= 11 is 0. The number of nitrogens with one attached hydrogen (secondary N) is 1. The summed E-state index contributed by atoms with van der Waals surface area (Å²) in [7, 11) is -3.73. The number of aliphatic hydroxyl groups excluding tert-OH is 1. The largest absolute Gasteiger partial charge is 0.396 e. The Morgan fingerprint density at radius 3 is 2.68 bits per heavy atom. The highest BCUT2D eigenvalue weighted by Gasteiger charge is 2.33. The second kappa shape index (κ2) is 5.56. The van der Waals surface area contributed by atoms with E-state index in [0.29, 0.717) is 12.0 Å². The van der Waals surface area contributed by atoms with E-state index in [9.17, 15) is 12.8 Å². The quantitative estimate of drug-likeness (QED) is 0.834. The molecule has 1 saturated carbocycles. The first-order valence-corrected chi connectivity index (χ1v) is 7.81. The van der Waals surface area contributed by atoms with Crippen LogP contribution in [-0.4, -0.2) is 26.2 Å². The molecule has 1 atom stereocenters. The van der Waals surface area contributed by atoms with Crippen LogP contribution in [0.5, 0.6) is 0 Å². The Labute approximate surface area is 112 Å². The van der Waals surface area contributed by atoms with E-state index in [4.69, 9.17) is 5.11 Å². The molecule has 106 valence electrons. The van der Waals surface area contributed by atoms with Gasteiger partial charge in [-0.2, -0.15) is 0 Å². The fourth-order valence-corrected chi connectivity index (χ4v) is 3.39. The van der Waals surface area contributed by atoms with Crippen molar-refractivity contribution in [2.75, 3.05) is 6.61 Å². The molecular formula is C13H18FNO3S. The van der Waals surface area contributed by atoms with E-state index >= 15 is 0 Å². The lowest BCUT2D eigenvalue weighted by Crippen LogP contribution is -2.37. The number of hydrogen-bond acceptors (Lipinski definition) is 3. The molecule has 19 heavy (non-hydrogen) atoms. The van der Waals surface area contributed by atoms with E-state index in [0.717, 1.165) is 18.9 Å². The summed E-state index contributed by atoms with van der Waals surface area (Å²) in [5.74, 6) is -0.245. The summed E-state index contributed by atoms with van der Waals surface area (Å²) in [6.07, 6.45) is 2.32. The van der Waals surface area contributed by atoms with Gasteiger partial charge in [-0.1, -0.05) is 6.07 Å². The molecule has 0 saturated heterocycles. The monoisotopic (exact) mass is 287 g/mol. The minimum Gasteiger partial charge on any atom is -0.396 e. The molecule has 2 rings (SSSR count). The summed E-state index contributed by atoms with van der Waals surface area (Å²) in [4.78, 5) is -0.0702. The van der Waals surface area contributed by atoms with Crippen LogP contribution in [0.3, 0.4) is 0 Å². The van der Waals surface area contributed by atoms with Gasteiger partial charge < -0.3 is 5.11 Å². The Morgan fingerprint density at radius 2 is 2.16 bits per heavy atom. The number of aliphatic hydroxyl groups is 1. The summed E-state index contributed by atoms with van der Waals surface area (Å²) in [5.41, 5.74) is 0.410. The zero-order chi connectivity index (χ0) is 14.0. The molecular weight excluding hydrogens is 269 g/mol. The van der Waals surface area contributed by atoms with Crippen molar-refractivity contribution in [3.05, 3.63) is 29.6 Å². The molecule has 1 fully saturated rings. The van der Waals surface area contributed by atoms with Gasteiger partial charge in [0.1, 0.15) is 5.82 Å². The Morgan fingerprint density at radius 1 is 1.47 bits per heavy atom. The first kappa shape index (κ1) is 14.4. The molecule has 1 aromatic rings. The number of hydrogen-bond donors (Lipinski definition) is 2. The van der Waals surface area contributed by atoms with Crippen LogP contribution in [-0.2, 0) is 10.0 Å². The molecule has 0 radical (unpaired) electrons. The molecule has 4 nitrogen and oxygen atoms in total. The highest BCUT2D eigenvalue weighted by Crippen LogP contribution is 2.34. The normalized spacial score (nSPS) is 17.4.